The van der Waals surface area contributed by atoms with E-state index >= 15 is 0 Å². The molecule has 2 aromatic carbocycles. The summed E-state index contributed by atoms with van der Waals surface area (Å²) < 4.78 is 112. The maximum Gasteiger partial charge on any atom is 0.446 e. The van der Waals surface area contributed by atoms with Crippen LogP contribution in [0, 0.1) is 0 Å². The van der Waals surface area contributed by atoms with E-state index in [4.69, 9.17) is 0 Å². The second-order valence-electron chi connectivity index (χ2n) is 8.97. The lowest BCUT2D eigenvalue weighted by molar-refractivity contribution is -0.136. The van der Waals surface area contributed by atoms with Crippen molar-refractivity contribution in [2.75, 3.05) is 26.3 Å². The summed E-state index contributed by atoms with van der Waals surface area (Å²) >= 11 is 0. The number of halogens is 4. The Morgan fingerprint density at radius 2 is 0.886 bits per heavy atom. The zero-order chi connectivity index (χ0) is 33.0. The van der Waals surface area contributed by atoms with Gasteiger partial charge >= 0.3 is 42.6 Å². The van der Waals surface area contributed by atoms with Gasteiger partial charge in [-0.2, -0.15) is 34.4 Å². The molecule has 0 fully saturated rings. The molecule has 12 nitrogen and oxygen atoms in total. The van der Waals surface area contributed by atoms with Crippen molar-refractivity contribution >= 4 is 43.6 Å². The van der Waals surface area contributed by atoms with E-state index in [1.54, 1.807) is 22.8 Å². The minimum Gasteiger partial charge on any atom is -0.350 e. The number of amides is 2. The summed E-state index contributed by atoms with van der Waals surface area (Å²) in [6, 6.07) is 14.2. The standard InChI is InChI=1S/C26H28F4N2O10S2/c27-25(28,43(37,38)41-17-21(33)19-11-5-3-6-12-19)23(35)31-15-9-1-2-10-16-32-24(36)26(29,30)44(39,40)42-18-22(34)20-13-7-4-8-14-20/h3-8,11-14H,1-2,9-10,15-18H2,(H,31,35)(H,32,36). The second kappa shape index (κ2) is 15.8. The number of hydrogen-bond donors (Lipinski definition) is 2. The van der Waals surface area contributed by atoms with Crippen molar-refractivity contribution in [3.05, 3.63) is 71.8 Å². The predicted molar refractivity (Wildman–Crippen MR) is 146 cm³/mol. The number of carbonyl (C=O) groups excluding carboxylic acids is 4. The summed E-state index contributed by atoms with van der Waals surface area (Å²) in [5.41, 5.74) is 0.0186. The molecule has 2 aromatic rings. The van der Waals surface area contributed by atoms with Crippen LogP contribution in [-0.4, -0.2) is 77.0 Å². The molecule has 242 valence electrons. The van der Waals surface area contributed by atoms with E-state index in [9.17, 15) is 53.6 Å². The summed E-state index contributed by atoms with van der Waals surface area (Å²) in [4.78, 5) is 47.3. The van der Waals surface area contributed by atoms with Gasteiger partial charge in [0.05, 0.1) is 0 Å². The van der Waals surface area contributed by atoms with E-state index in [1.807, 2.05) is 0 Å². The van der Waals surface area contributed by atoms with Crippen LogP contribution in [0.5, 0.6) is 0 Å². The Morgan fingerprint density at radius 3 is 1.20 bits per heavy atom. The Hall–Kier alpha value is -3.74. The molecule has 0 aliphatic rings. The highest BCUT2D eigenvalue weighted by molar-refractivity contribution is 7.88. The van der Waals surface area contributed by atoms with Gasteiger partial charge in [-0.15, -0.1) is 0 Å². The Labute approximate surface area is 250 Å². The summed E-state index contributed by atoms with van der Waals surface area (Å²) in [7, 11) is -11.6. The molecule has 0 saturated heterocycles. The van der Waals surface area contributed by atoms with Crippen molar-refractivity contribution in [1.82, 2.24) is 10.6 Å². The van der Waals surface area contributed by atoms with Crippen LogP contribution in [0.1, 0.15) is 46.4 Å². The van der Waals surface area contributed by atoms with E-state index < -0.39 is 80.4 Å². The number of hydrogen-bond acceptors (Lipinski definition) is 10. The fourth-order valence-electron chi connectivity index (χ4n) is 3.27. The number of rotatable bonds is 19. The molecule has 0 bridgehead atoms. The molecule has 2 N–H and O–H groups in total. The summed E-state index contributed by atoms with van der Waals surface area (Å²) in [6.45, 7) is -3.31. The number of alkyl halides is 4. The number of nitrogens with one attached hydrogen (secondary N) is 2. The van der Waals surface area contributed by atoms with E-state index in [0.717, 1.165) is 0 Å². The van der Waals surface area contributed by atoms with Gasteiger partial charge < -0.3 is 10.6 Å². The third kappa shape index (κ3) is 9.90. The number of Topliss-reactive ketones (excluding diaryl/α,β-unsaturated/α-hetero) is 2. The molecule has 0 heterocycles. The van der Waals surface area contributed by atoms with Gasteiger partial charge in [-0.05, 0) is 12.8 Å². The molecule has 44 heavy (non-hydrogen) atoms. The number of benzene rings is 2. The van der Waals surface area contributed by atoms with Crippen molar-refractivity contribution in [2.24, 2.45) is 0 Å². The van der Waals surface area contributed by atoms with E-state index in [2.05, 4.69) is 8.37 Å². The van der Waals surface area contributed by atoms with Gasteiger partial charge in [-0.3, -0.25) is 27.5 Å². The molecule has 0 unspecified atom stereocenters. The third-order valence-corrected chi connectivity index (χ3v) is 8.20. The minimum absolute atomic E-state index is 0.00928. The average molecular weight is 669 g/mol. The van der Waals surface area contributed by atoms with E-state index in [0.29, 0.717) is 0 Å². The fraction of sp³-hybridized carbons (Fsp3) is 0.385. The van der Waals surface area contributed by atoms with Crippen LogP contribution in [-0.2, 0) is 38.2 Å². The highest BCUT2D eigenvalue weighted by atomic mass is 32.2. The Balaban J connectivity index is 1.68. The zero-order valence-corrected chi connectivity index (χ0v) is 24.5. The zero-order valence-electron chi connectivity index (χ0n) is 22.8. The van der Waals surface area contributed by atoms with Gasteiger partial charge in [0.15, 0.2) is 11.6 Å². The lowest BCUT2D eigenvalue weighted by Gasteiger charge is -2.16. The molecule has 0 spiro atoms. The fourth-order valence-corrected chi connectivity index (χ4v) is 4.68. The molecule has 0 saturated carbocycles. The van der Waals surface area contributed by atoms with Crippen molar-refractivity contribution in [3.63, 3.8) is 0 Å². The summed E-state index contributed by atoms with van der Waals surface area (Å²) in [6.07, 6.45) is 0.486. The molecular formula is C26H28F4N2O10S2. The normalized spacial score (nSPS) is 12.4. The molecule has 0 aliphatic carbocycles. The molecule has 0 aromatic heterocycles. The average Bonchev–Trinajstić information content (AvgIpc) is 3.00. The SMILES string of the molecule is O=C(COS(=O)(=O)C(F)(F)C(=O)NCCCCCCNC(=O)C(F)(F)S(=O)(=O)OCC(=O)c1ccccc1)c1ccccc1. The molecular weight excluding hydrogens is 640 g/mol. The van der Waals surface area contributed by atoms with Gasteiger partial charge in [0.2, 0.25) is 0 Å². The van der Waals surface area contributed by atoms with Gasteiger partial charge in [0.1, 0.15) is 13.2 Å². The number of carbonyl (C=O) groups is 4. The van der Waals surface area contributed by atoms with Crippen molar-refractivity contribution in [2.45, 2.75) is 36.2 Å². The largest absolute Gasteiger partial charge is 0.446 e. The van der Waals surface area contributed by atoms with Crippen molar-refractivity contribution in [3.8, 4) is 0 Å². The smallest absolute Gasteiger partial charge is 0.350 e. The maximum absolute atomic E-state index is 14.1. The van der Waals surface area contributed by atoms with E-state index in [-0.39, 0.29) is 36.8 Å². The predicted octanol–water partition coefficient (Wildman–Crippen LogP) is 2.42. The Bertz CT molecular complexity index is 1410. The summed E-state index contributed by atoms with van der Waals surface area (Å²) in [5.74, 6) is -6.19. The van der Waals surface area contributed by atoms with Crippen LogP contribution in [0.25, 0.3) is 0 Å². The first-order chi connectivity index (χ1) is 20.5. The van der Waals surface area contributed by atoms with Crippen LogP contribution in [0.2, 0.25) is 0 Å². The summed E-state index contributed by atoms with van der Waals surface area (Å²) in [5, 5.41) is -6.57. The van der Waals surface area contributed by atoms with Gasteiger partial charge in [-0.1, -0.05) is 73.5 Å². The van der Waals surface area contributed by atoms with E-state index in [1.165, 1.54) is 48.5 Å². The van der Waals surface area contributed by atoms with Crippen LogP contribution in [0.4, 0.5) is 17.6 Å². The van der Waals surface area contributed by atoms with Crippen molar-refractivity contribution in [1.29, 1.82) is 0 Å². The highest BCUT2D eigenvalue weighted by Crippen LogP contribution is 2.25. The number of ketones is 2. The first kappa shape index (κ1) is 36.5. The van der Waals surface area contributed by atoms with Crippen LogP contribution < -0.4 is 10.6 Å². The molecule has 18 heteroatoms. The second-order valence-corrected chi connectivity index (χ2v) is 12.3. The molecule has 2 amide bonds. The first-order valence-electron chi connectivity index (χ1n) is 12.8. The van der Waals surface area contributed by atoms with Crippen LogP contribution in [0.15, 0.2) is 60.7 Å². The van der Waals surface area contributed by atoms with Crippen molar-refractivity contribution < 1.29 is 61.9 Å². The maximum atomic E-state index is 14.1. The lowest BCUT2D eigenvalue weighted by atomic mass is 10.1. The first-order valence-corrected chi connectivity index (χ1v) is 15.6. The number of unbranched alkanes of at least 4 members (excludes halogenated alkanes) is 3. The monoisotopic (exact) mass is 668 g/mol. The Kier molecular flexibility index (Phi) is 13.1. The lowest BCUT2D eigenvalue weighted by Crippen LogP contribution is -2.47. The minimum atomic E-state index is -5.80. The van der Waals surface area contributed by atoms with Gasteiger partial charge in [0, 0.05) is 24.2 Å². The molecule has 0 radical (unpaired) electrons. The van der Waals surface area contributed by atoms with Crippen LogP contribution in [0.3, 0.4) is 0 Å². The molecule has 2 rings (SSSR count). The third-order valence-electron chi connectivity index (χ3n) is 5.71. The molecule has 0 aliphatic heterocycles. The highest BCUT2D eigenvalue weighted by Gasteiger charge is 2.55. The van der Waals surface area contributed by atoms with Gasteiger partial charge in [-0.25, -0.2) is 0 Å². The van der Waals surface area contributed by atoms with Gasteiger partial charge in [0.25, 0.3) is 0 Å². The molecule has 0 atom stereocenters. The Morgan fingerprint density at radius 1 is 0.568 bits per heavy atom. The quantitative estimate of drug-likeness (QED) is 0.0978. The van der Waals surface area contributed by atoms with Crippen LogP contribution >= 0.6 is 0 Å². The topological polar surface area (TPSA) is 179 Å².